The van der Waals surface area contributed by atoms with Crippen LogP contribution < -0.4 is 18.9 Å². The van der Waals surface area contributed by atoms with E-state index in [4.69, 9.17) is 28.4 Å². The predicted molar refractivity (Wildman–Crippen MR) is 173 cm³/mol. The van der Waals surface area contributed by atoms with Crippen molar-refractivity contribution in [3.8, 4) is 23.0 Å². The van der Waals surface area contributed by atoms with E-state index in [1.807, 2.05) is 42.5 Å². The van der Waals surface area contributed by atoms with Crippen LogP contribution >= 0.6 is 0 Å². The number of allylic oxidation sites excluding steroid dienone is 1. The first-order valence-electron chi connectivity index (χ1n) is 14.0. The topological polar surface area (TPSA) is 55.4 Å². The molecule has 0 saturated heterocycles. The van der Waals surface area contributed by atoms with Gasteiger partial charge in [-0.2, -0.15) is 0 Å². The quantitative estimate of drug-likeness (QED) is 0.0573. The molecule has 2 aromatic rings. The molecule has 0 bridgehead atoms. The van der Waals surface area contributed by atoms with Gasteiger partial charge in [-0.3, -0.25) is 0 Å². The molecule has 0 aromatic heterocycles. The third-order valence-corrected chi connectivity index (χ3v) is 9.83. The van der Waals surface area contributed by atoms with Gasteiger partial charge >= 0.3 is 0 Å². The van der Waals surface area contributed by atoms with Gasteiger partial charge in [0, 0.05) is 46.9 Å². The number of benzene rings is 2. The maximum Gasteiger partial charge on any atom is 0.189 e. The minimum absolute atomic E-state index is 0.0860. The maximum atomic E-state index is 5.96. The van der Waals surface area contributed by atoms with Crippen LogP contribution in [0.3, 0.4) is 0 Å². The van der Waals surface area contributed by atoms with Gasteiger partial charge in [-0.1, -0.05) is 70.5 Å². The highest BCUT2D eigenvalue weighted by atomic mass is 28.3. The fourth-order valence-electron chi connectivity index (χ4n) is 3.80. The third kappa shape index (κ3) is 11.9. The Morgan fingerprint density at radius 3 is 1.90 bits per heavy atom. The lowest BCUT2D eigenvalue weighted by Crippen LogP contribution is -2.22. The van der Waals surface area contributed by atoms with E-state index >= 15 is 0 Å². The van der Waals surface area contributed by atoms with Gasteiger partial charge in [-0.05, 0) is 41.4 Å². The highest BCUT2D eigenvalue weighted by Crippen LogP contribution is 2.36. The summed E-state index contributed by atoms with van der Waals surface area (Å²) in [6.07, 6.45) is 6.01. The van der Waals surface area contributed by atoms with Gasteiger partial charge in [0.15, 0.2) is 25.1 Å². The molecule has 0 saturated carbocycles. The van der Waals surface area contributed by atoms with Crippen LogP contribution in [0.15, 0.2) is 43.0 Å². The minimum atomic E-state index is -1.15. The molecule has 0 aliphatic rings. The maximum absolute atomic E-state index is 5.96. The zero-order chi connectivity index (χ0) is 29.8. The van der Waals surface area contributed by atoms with Crippen molar-refractivity contribution < 1.29 is 28.4 Å². The third-order valence-electron chi connectivity index (χ3n) is 6.42. The SMILES string of the molecule is C=CC(C)c1c(/C=C/c2ccc(OCOCC[Si](C)(C)C)c(OC)c2)cc(OCOCC[Si](C)(C)C)cc1OC. The number of hydrogen-bond donors (Lipinski definition) is 0. The van der Waals surface area contributed by atoms with Crippen molar-refractivity contribution in [1.29, 1.82) is 0 Å². The van der Waals surface area contributed by atoms with Crippen LogP contribution in [-0.2, 0) is 9.47 Å². The summed E-state index contributed by atoms with van der Waals surface area (Å²) in [5.41, 5.74) is 3.00. The van der Waals surface area contributed by atoms with Gasteiger partial charge in [0.25, 0.3) is 0 Å². The fraction of sp³-hybridized carbons (Fsp3) is 0.500. The summed E-state index contributed by atoms with van der Waals surface area (Å²) in [6, 6.07) is 12.0. The van der Waals surface area contributed by atoms with E-state index in [-0.39, 0.29) is 19.5 Å². The van der Waals surface area contributed by atoms with Crippen molar-refractivity contribution in [3.05, 3.63) is 59.7 Å². The summed E-state index contributed by atoms with van der Waals surface area (Å²) >= 11 is 0. The lowest BCUT2D eigenvalue weighted by atomic mass is 9.93. The van der Waals surface area contributed by atoms with Crippen LogP contribution in [0, 0.1) is 0 Å². The monoisotopic (exact) mass is 586 g/mol. The molecular formula is C32H50O6Si2. The highest BCUT2D eigenvalue weighted by Gasteiger charge is 2.17. The van der Waals surface area contributed by atoms with Crippen LogP contribution in [0.4, 0.5) is 0 Å². The minimum Gasteiger partial charge on any atom is -0.496 e. The van der Waals surface area contributed by atoms with E-state index in [1.165, 1.54) is 0 Å². The Hall–Kier alpha value is -2.53. The van der Waals surface area contributed by atoms with E-state index in [0.29, 0.717) is 30.5 Å². The molecule has 222 valence electrons. The molecule has 0 N–H and O–H groups in total. The number of rotatable bonds is 18. The Morgan fingerprint density at radius 1 is 0.750 bits per heavy atom. The van der Waals surface area contributed by atoms with Crippen molar-refractivity contribution in [2.75, 3.05) is 41.0 Å². The van der Waals surface area contributed by atoms with Crippen LogP contribution in [0.1, 0.15) is 29.5 Å². The van der Waals surface area contributed by atoms with Crippen molar-refractivity contribution in [2.45, 2.75) is 64.2 Å². The first-order chi connectivity index (χ1) is 18.9. The number of hydrogen-bond acceptors (Lipinski definition) is 6. The van der Waals surface area contributed by atoms with Gasteiger partial charge < -0.3 is 28.4 Å². The van der Waals surface area contributed by atoms with E-state index in [9.17, 15) is 0 Å². The van der Waals surface area contributed by atoms with Gasteiger partial charge in [0.05, 0.1) is 14.2 Å². The average molecular weight is 587 g/mol. The van der Waals surface area contributed by atoms with Gasteiger partial charge in [0.1, 0.15) is 11.5 Å². The summed E-state index contributed by atoms with van der Waals surface area (Å²) in [7, 11) is 1.04. The molecular weight excluding hydrogens is 537 g/mol. The second-order valence-corrected chi connectivity index (χ2v) is 23.6. The molecule has 2 aromatic carbocycles. The molecule has 6 nitrogen and oxygen atoms in total. The molecule has 1 unspecified atom stereocenters. The van der Waals surface area contributed by atoms with Gasteiger partial charge in [0.2, 0.25) is 0 Å². The first kappa shape index (κ1) is 33.7. The number of methoxy groups -OCH3 is 2. The Morgan fingerprint density at radius 2 is 1.35 bits per heavy atom. The van der Waals surface area contributed by atoms with E-state index in [1.54, 1.807) is 14.2 Å². The summed E-state index contributed by atoms with van der Waals surface area (Å²) in [5, 5.41) is 0. The summed E-state index contributed by atoms with van der Waals surface area (Å²) < 4.78 is 34.6. The smallest absolute Gasteiger partial charge is 0.189 e. The lowest BCUT2D eigenvalue weighted by molar-refractivity contribution is 0.0205. The summed E-state index contributed by atoms with van der Waals surface area (Å²) in [6.45, 7) is 21.9. The Balaban J connectivity index is 2.19. The molecule has 0 fully saturated rings. The standard InChI is InChI=1S/C32H50O6Si2/c1-11-25(2)32-27(21-28(22-31(32)34-4)37-23-35-16-18-39(5,6)7)14-12-26-13-15-29(30(20-26)33-3)38-24-36-17-19-40(8,9)10/h11-15,20-22,25H,1,16-19,23-24H2,2-10H3/b14-12+. The summed E-state index contributed by atoms with van der Waals surface area (Å²) in [5.74, 6) is 2.84. The molecule has 2 rings (SSSR count). The highest BCUT2D eigenvalue weighted by molar-refractivity contribution is 6.76. The van der Waals surface area contributed by atoms with Gasteiger partial charge in [-0.15, -0.1) is 6.58 Å². The molecule has 0 spiro atoms. The average Bonchev–Trinajstić information content (AvgIpc) is 2.89. The molecule has 0 amide bonds. The van der Waals surface area contributed by atoms with Crippen LogP contribution in [0.5, 0.6) is 23.0 Å². The lowest BCUT2D eigenvalue weighted by Gasteiger charge is -2.19. The molecule has 0 heterocycles. The van der Waals surface area contributed by atoms with Crippen molar-refractivity contribution in [1.82, 2.24) is 0 Å². The Bertz CT molecular complexity index is 1100. The van der Waals surface area contributed by atoms with Gasteiger partial charge in [-0.25, -0.2) is 0 Å². The van der Waals surface area contributed by atoms with E-state index in [2.05, 4.69) is 58.9 Å². The first-order valence-corrected chi connectivity index (χ1v) is 21.4. The molecule has 1 atom stereocenters. The predicted octanol–water partition coefficient (Wildman–Crippen LogP) is 8.55. The Kier molecular flexibility index (Phi) is 13.5. The summed E-state index contributed by atoms with van der Waals surface area (Å²) in [4.78, 5) is 0. The van der Waals surface area contributed by atoms with Crippen molar-refractivity contribution in [3.63, 3.8) is 0 Å². The molecule has 0 radical (unpaired) electrons. The molecule has 0 aliphatic carbocycles. The van der Waals surface area contributed by atoms with Crippen LogP contribution in [0.25, 0.3) is 12.2 Å². The molecule has 0 aliphatic heterocycles. The van der Waals surface area contributed by atoms with Crippen LogP contribution in [-0.4, -0.2) is 57.2 Å². The molecule has 40 heavy (non-hydrogen) atoms. The van der Waals surface area contributed by atoms with Crippen molar-refractivity contribution >= 4 is 28.3 Å². The zero-order valence-electron chi connectivity index (χ0n) is 26.1. The van der Waals surface area contributed by atoms with E-state index in [0.717, 1.165) is 34.5 Å². The second kappa shape index (κ2) is 16.1. The largest absolute Gasteiger partial charge is 0.496 e. The van der Waals surface area contributed by atoms with E-state index < -0.39 is 16.1 Å². The fourth-order valence-corrected chi connectivity index (χ4v) is 5.31. The zero-order valence-corrected chi connectivity index (χ0v) is 28.1. The Labute approximate surface area is 244 Å². The van der Waals surface area contributed by atoms with Crippen molar-refractivity contribution in [2.24, 2.45) is 0 Å². The molecule has 8 heteroatoms. The normalized spacial score (nSPS) is 12.8. The van der Waals surface area contributed by atoms with Crippen LogP contribution in [0.2, 0.25) is 51.4 Å². The number of ether oxygens (including phenoxy) is 6. The second-order valence-electron chi connectivity index (χ2n) is 12.4.